The van der Waals surface area contributed by atoms with Crippen molar-refractivity contribution in [3.63, 3.8) is 0 Å². The molecule has 2 aliphatic heterocycles. The van der Waals surface area contributed by atoms with Crippen LogP contribution in [0, 0.1) is 5.92 Å². The first kappa shape index (κ1) is 12.3. The van der Waals surface area contributed by atoms with Crippen molar-refractivity contribution in [2.24, 2.45) is 11.7 Å². The third-order valence-electron chi connectivity index (χ3n) is 4.28. The van der Waals surface area contributed by atoms with E-state index in [1.807, 2.05) is 0 Å². The minimum Gasteiger partial charge on any atom is -0.329 e. The van der Waals surface area contributed by atoms with E-state index in [1.54, 1.807) is 0 Å². The van der Waals surface area contributed by atoms with E-state index in [0.717, 1.165) is 25.4 Å². The molecule has 2 atom stereocenters. The van der Waals surface area contributed by atoms with Gasteiger partial charge in [0.2, 0.25) is 0 Å². The van der Waals surface area contributed by atoms with Gasteiger partial charge in [0.15, 0.2) is 9.84 Å². The maximum Gasteiger partial charge on any atom is 0.152 e. The Balaban J connectivity index is 2.12. The Morgan fingerprint density at radius 1 is 1.50 bits per heavy atom. The molecule has 0 radical (unpaired) electrons. The number of hydrogen-bond donors (Lipinski definition) is 1. The van der Waals surface area contributed by atoms with Crippen LogP contribution in [0.3, 0.4) is 0 Å². The van der Waals surface area contributed by atoms with E-state index in [0.29, 0.717) is 12.3 Å². The Bertz CT molecular complexity index is 355. The van der Waals surface area contributed by atoms with Gasteiger partial charge in [0, 0.05) is 18.6 Å². The minimum atomic E-state index is -2.85. The monoisotopic (exact) mass is 246 g/mol. The van der Waals surface area contributed by atoms with Crippen LogP contribution in [0.25, 0.3) is 0 Å². The van der Waals surface area contributed by atoms with Gasteiger partial charge in [-0.25, -0.2) is 8.42 Å². The molecule has 2 fully saturated rings. The molecule has 0 amide bonds. The lowest BCUT2D eigenvalue weighted by molar-refractivity contribution is 0.143. The molecule has 4 nitrogen and oxygen atoms in total. The fourth-order valence-electron chi connectivity index (χ4n) is 3.04. The molecular weight excluding hydrogens is 224 g/mol. The van der Waals surface area contributed by atoms with Crippen LogP contribution in [-0.2, 0) is 9.84 Å². The van der Waals surface area contributed by atoms with Gasteiger partial charge in [-0.1, -0.05) is 13.3 Å². The lowest BCUT2D eigenvalue weighted by Crippen LogP contribution is -2.54. The number of sulfone groups is 1. The summed E-state index contributed by atoms with van der Waals surface area (Å²) in [4.78, 5) is 2.34. The second-order valence-corrected chi connectivity index (χ2v) is 7.46. The highest BCUT2D eigenvalue weighted by Crippen LogP contribution is 2.34. The molecule has 0 aromatic heterocycles. The van der Waals surface area contributed by atoms with Crippen molar-refractivity contribution in [3.8, 4) is 0 Å². The van der Waals surface area contributed by atoms with Crippen LogP contribution in [0.5, 0.6) is 0 Å². The molecule has 2 unspecified atom stereocenters. The molecule has 0 spiro atoms. The summed E-state index contributed by atoms with van der Waals surface area (Å²) in [6.07, 6.45) is 3.10. The summed E-state index contributed by atoms with van der Waals surface area (Å²) in [6, 6.07) is 0. The summed E-state index contributed by atoms with van der Waals surface area (Å²) < 4.78 is 23.3. The Morgan fingerprint density at radius 3 is 2.69 bits per heavy atom. The second kappa shape index (κ2) is 4.27. The lowest BCUT2D eigenvalue weighted by atomic mass is 9.97. The third kappa shape index (κ3) is 2.13. The molecule has 2 heterocycles. The highest BCUT2D eigenvalue weighted by atomic mass is 32.2. The molecule has 2 aliphatic rings. The molecular formula is C11H22N2O2S. The van der Waals surface area contributed by atoms with Crippen LogP contribution >= 0.6 is 0 Å². The first-order valence-corrected chi connectivity index (χ1v) is 7.99. The van der Waals surface area contributed by atoms with E-state index in [1.165, 1.54) is 12.8 Å². The molecule has 0 aliphatic carbocycles. The van der Waals surface area contributed by atoms with Gasteiger partial charge in [-0.3, -0.25) is 4.90 Å². The van der Waals surface area contributed by atoms with Crippen LogP contribution in [0.2, 0.25) is 0 Å². The molecule has 5 heteroatoms. The van der Waals surface area contributed by atoms with Crippen molar-refractivity contribution in [1.82, 2.24) is 4.90 Å². The van der Waals surface area contributed by atoms with Gasteiger partial charge < -0.3 is 5.73 Å². The van der Waals surface area contributed by atoms with Gasteiger partial charge in [0.1, 0.15) is 0 Å². The Hall–Kier alpha value is -0.130. The topological polar surface area (TPSA) is 63.4 Å². The molecule has 2 N–H and O–H groups in total. The number of likely N-dealkylation sites (tertiary alicyclic amines) is 1. The molecule has 94 valence electrons. The molecule has 0 aromatic rings. The summed E-state index contributed by atoms with van der Waals surface area (Å²) in [5, 5.41) is 0. The van der Waals surface area contributed by atoms with Gasteiger partial charge >= 0.3 is 0 Å². The zero-order valence-electron chi connectivity index (χ0n) is 9.98. The summed E-state index contributed by atoms with van der Waals surface area (Å²) in [5.74, 6) is 1.32. The predicted molar refractivity (Wildman–Crippen MR) is 65.0 cm³/mol. The van der Waals surface area contributed by atoms with Crippen LogP contribution in [0.15, 0.2) is 0 Å². The molecule has 16 heavy (non-hydrogen) atoms. The summed E-state index contributed by atoms with van der Waals surface area (Å²) in [5.41, 5.74) is 5.60. The highest BCUT2D eigenvalue weighted by molar-refractivity contribution is 7.91. The summed E-state index contributed by atoms with van der Waals surface area (Å²) in [7, 11) is -2.85. The largest absolute Gasteiger partial charge is 0.329 e. The molecule has 0 aromatic carbocycles. The van der Waals surface area contributed by atoms with E-state index in [9.17, 15) is 8.42 Å². The SMILES string of the molecule is CCC1CCN(C2(CN)CCS(=O)(=O)C2)C1. The standard InChI is InChI=1S/C11H22N2O2S/c1-2-10-3-5-13(7-10)11(8-12)4-6-16(14,15)9-11/h10H,2-9,12H2,1H3. The van der Waals surface area contributed by atoms with Gasteiger partial charge in [-0.2, -0.15) is 0 Å². The molecule has 0 bridgehead atoms. The molecule has 0 saturated carbocycles. The quantitative estimate of drug-likeness (QED) is 0.774. The minimum absolute atomic E-state index is 0.247. The second-order valence-electron chi connectivity index (χ2n) is 5.28. The number of rotatable bonds is 3. The maximum absolute atomic E-state index is 11.6. The Kier molecular flexibility index (Phi) is 3.29. The number of hydrogen-bond acceptors (Lipinski definition) is 4. The van der Waals surface area contributed by atoms with Crippen LogP contribution in [0.1, 0.15) is 26.2 Å². The first-order valence-electron chi connectivity index (χ1n) is 6.17. The van der Waals surface area contributed by atoms with Gasteiger partial charge in [-0.15, -0.1) is 0 Å². The smallest absolute Gasteiger partial charge is 0.152 e. The third-order valence-corrected chi connectivity index (χ3v) is 6.08. The van der Waals surface area contributed by atoms with Crippen molar-refractivity contribution in [2.45, 2.75) is 31.7 Å². The van der Waals surface area contributed by atoms with Crippen molar-refractivity contribution in [1.29, 1.82) is 0 Å². The van der Waals surface area contributed by atoms with E-state index in [4.69, 9.17) is 5.73 Å². The average molecular weight is 246 g/mol. The fraction of sp³-hybridized carbons (Fsp3) is 1.00. The molecule has 2 saturated heterocycles. The zero-order valence-corrected chi connectivity index (χ0v) is 10.8. The maximum atomic E-state index is 11.6. The van der Waals surface area contributed by atoms with Gasteiger partial charge in [-0.05, 0) is 25.3 Å². The van der Waals surface area contributed by atoms with Crippen molar-refractivity contribution in [2.75, 3.05) is 31.1 Å². The predicted octanol–water partition coefficient (Wildman–Crippen LogP) is 0.234. The van der Waals surface area contributed by atoms with Gasteiger partial charge in [0.25, 0.3) is 0 Å². The average Bonchev–Trinajstić information content (AvgIpc) is 2.83. The van der Waals surface area contributed by atoms with Crippen LogP contribution in [0.4, 0.5) is 0 Å². The fourth-order valence-corrected chi connectivity index (χ4v) is 5.13. The Labute approximate surface area is 98.1 Å². The normalized spacial score (nSPS) is 39.2. The summed E-state index contributed by atoms with van der Waals surface area (Å²) in [6.45, 7) is 4.73. The Morgan fingerprint density at radius 2 is 2.25 bits per heavy atom. The van der Waals surface area contributed by atoms with E-state index < -0.39 is 9.84 Å². The van der Waals surface area contributed by atoms with Crippen LogP contribution in [-0.4, -0.2) is 50.0 Å². The molecule has 2 rings (SSSR count). The lowest BCUT2D eigenvalue weighted by Gasteiger charge is -2.36. The van der Waals surface area contributed by atoms with Gasteiger partial charge in [0.05, 0.1) is 11.5 Å². The number of nitrogens with zero attached hydrogens (tertiary/aromatic N) is 1. The van der Waals surface area contributed by atoms with E-state index in [2.05, 4.69) is 11.8 Å². The van der Waals surface area contributed by atoms with Crippen LogP contribution < -0.4 is 5.73 Å². The van der Waals surface area contributed by atoms with Crippen molar-refractivity contribution in [3.05, 3.63) is 0 Å². The number of nitrogens with two attached hydrogens (primary N) is 1. The van der Waals surface area contributed by atoms with E-state index in [-0.39, 0.29) is 11.3 Å². The zero-order chi connectivity index (χ0) is 11.8. The van der Waals surface area contributed by atoms with Crippen molar-refractivity contribution >= 4 is 9.84 Å². The first-order chi connectivity index (χ1) is 7.51. The van der Waals surface area contributed by atoms with Crippen molar-refractivity contribution < 1.29 is 8.42 Å². The summed E-state index contributed by atoms with van der Waals surface area (Å²) >= 11 is 0. The van der Waals surface area contributed by atoms with E-state index >= 15 is 0 Å². The highest BCUT2D eigenvalue weighted by Gasteiger charge is 2.47.